The van der Waals surface area contributed by atoms with E-state index in [2.05, 4.69) is 43.4 Å². The molecule has 0 saturated carbocycles. The molecule has 1 N–H and O–H groups in total. The molecule has 1 aliphatic rings. The van der Waals surface area contributed by atoms with Crippen molar-refractivity contribution in [3.63, 3.8) is 0 Å². The summed E-state index contributed by atoms with van der Waals surface area (Å²) in [6.07, 6.45) is 1.42. The third kappa shape index (κ3) is 5.60. The maximum atomic E-state index is 12.0. The number of benzene rings is 1. The highest BCUT2D eigenvalue weighted by Gasteiger charge is 2.31. The van der Waals surface area contributed by atoms with Crippen molar-refractivity contribution >= 4 is 15.7 Å². The van der Waals surface area contributed by atoms with Crippen LogP contribution in [-0.4, -0.2) is 56.9 Å². The largest absolute Gasteiger partial charge is 0.355 e. The Bertz CT molecular complexity index is 653. The first-order valence-corrected chi connectivity index (χ1v) is 10.3. The fourth-order valence-electron chi connectivity index (χ4n) is 2.95. The van der Waals surface area contributed by atoms with Crippen LogP contribution in [0.25, 0.3) is 0 Å². The van der Waals surface area contributed by atoms with Crippen molar-refractivity contribution < 1.29 is 13.2 Å². The van der Waals surface area contributed by atoms with Gasteiger partial charge in [0.15, 0.2) is 9.84 Å². The number of carbonyl (C=O) groups excluding carboxylic acids is 1. The van der Waals surface area contributed by atoms with Crippen molar-refractivity contribution in [2.24, 2.45) is 0 Å². The second kappa shape index (κ2) is 8.12. The van der Waals surface area contributed by atoms with Gasteiger partial charge in [-0.3, -0.25) is 9.69 Å². The van der Waals surface area contributed by atoms with Gasteiger partial charge in [-0.05, 0) is 36.9 Å². The van der Waals surface area contributed by atoms with Crippen LogP contribution in [0.4, 0.5) is 0 Å². The van der Waals surface area contributed by atoms with Crippen LogP contribution in [0.15, 0.2) is 24.3 Å². The van der Waals surface area contributed by atoms with Gasteiger partial charge >= 0.3 is 0 Å². The summed E-state index contributed by atoms with van der Waals surface area (Å²) in [7, 11) is -1.10. The van der Waals surface area contributed by atoms with Crippen molar-refractivity contribution in [1.82, 2.24) is 10.2 Å². The number of rotatable bonds is 7. The average Bonchev–Trinajstić information content (AvgIpc) is 2.88. The van der Waals surface area contributed by atoms with E-state index in [0.717, 1.165) is 6.42 Å². The molecule has 1 unspecified atom stereocenters. The Hall–Kier alpha value is -1.40. The normalized spacial score (nSPS) is 19.8. The third-order valence-corrected chi connectivity index (χ3v) is 6.36. The molecule has 0 aromatic heterocycles. The molecule has 134 valence electrons. The minimum absolute atomic E-state index is 0.0377. The zero-order valence-corrected chi connectivity index (χ0v) is 15.6. The summed E-state index contributed by atoms with van der Waals surface area (Å²) in [5.41, 5.74) is 2.52. The van der Waals surface area contributed by atoms with E-state index < -0.39 is 9.84 Å². The smallest absolute Gasteiger partial charge is 0.234 e. The Morgan fingerprint density at radius 2 is 1.96 bits per heavy atom. The molecule has 1 aromatic rings. The Kier molecular flexibility index (Phi) is 6.40. The zero-order chi connectivity index (χ0) is 17.7. The molecule has 0 spiro atoms. The van der Waals surface area contributed by atoms with E-state index in [-0.39, 0.29) is 30.0 Å². The number of amides is 1. The van der Waals surface area contributed by atoms with Gasteiger partial charge in [0.05, 0.1) is 18.1 Å². The minimum atomic E-state index is -2.91. The molecule has 1 heterocycles. The molecule has 1 aromatic carbocycles. The predicted octanol–water partition coefficient (Wildman–Crippen LogP) is 1.59. The van der Waals surface area contributed by atoms with E-state index in [1.54, 1.807) is 0 Å². The van der Waals surface area contributed by atoms with E-state index in [1.165, 1.54) is 11.1 Å². The lowest BCUT2D eigenvalue weighted by molar-refractivity contribution is -0.122. The molecular formula is C18H28N2O3S. The van der Waals surface area contributed by atoms with Gasteiger partial charge in [-0.2, -0.15) is 0 Å². The summed E-state index contributed by atoms with van der Waals surface area (Å²) < 4.78 is 23.0. The number of hydrogen-bond acceptors (Lipinski definition) is 4. The molecular weight excluding hydrogens is 324 g/mol. The van der Waals surface area contributed by atoms with Gasteiger partial charge in [0.1, 0.15) is 0 Å². The maximum absolute atomic E-state index is 12.0. The molecule has 1 atom stereocenters. The third-order valence-electron chi connectivity index (χ3n) is 4.61. The van der Waals surface area contributed by atoms with Gasteiger partial charge in [-0.15, -0.1) is 0 Å². The fraction of sp³-hybridized carbons (Fsp3) is 0.611. The summed E-state index contributed by atoms with van der Waals surface area (Å²) in [6, 6.07) is 8.45. The Morgan fingerprint density at radius 1 is 1.29 bits per heavy atom. The first-order chi connectivity index (χ1) is 11.3. The summed E-state index contributed by atoms with van der Waals surface area (Å²) in [4.78, 5) is 13.8. The second-order valence-electron chi connectivity index (χ2n) is 6.97. The average molecular weight is 353 g/mol. The van der Waals surface area contributed by atoms with Crippen LogP contribution in [0.1, 0.15) is 37.3 Å². The zero-order valence-electron chi connectivity index (χ0n) is 14.8. The van der Waals surface area contributed by atoms with E-state index in [1.807, 2.05) is 11.9 Å². The Labute approximate surface area is 145 Å². The predicted molar refractivity (Wildman–Crippen MR) is 96.9 cm³/mol. The summed E-state index contributed by atoms with van der Waals surface area (Å²) >= 11 is 0. The second-order valence-corrected chi connectivity index (χ2v) is 9.20. The van der Waals surface area contributed by atoms with E-state index >= 15 is 0 Å². The van der Waals surface area contributed by atoms with Crippen molar-refractivity contribution in [3.8, 4) is 0 Å². The van der Waals surface area contributed by atoms with Crippen LogP contribution >= 0.6 is 0 Å². The highest BCUT2D eigenvalue weighted by Crippen LogP contribution is 2.16. The van der Waals surface area contributed by atoms with Crippen LogP contribution in [0.5, 0.6) is 0 Å². The Balaban J connectivity index is 1.71. The monoisotopic (exact) mass is 352 g/mol. The number of sulfone groups is 1. The van der Waals surface area contributed by atoms with E-state index in [0.29, 0.717) is 18.9 Å². The highest BCUT2D eigenvalue weighted by atomic mass is 32.2. The molecule has 0 aliphatic carbocycles. The van der Waals surface area contributed by atoms with Crippen molar-refractivity contribution in [2.45, 2.75) is 38.6 Å². The molecule has 0 bridgehead atoms. The summed E-state index contributed by atoms with van der Waals surface area (Å²) in [6.45, 7) is 5.17. The number of nitrogens with one attached hydrogen (secondary N) is 1. The van der Waals surface area contributed by atoms with Crippen molar-refractivity contribution in [2.75, 3.05) is 31.6 Å². The molecule has 1 fully saturated rings. The van der Waals surface area contributed by atoms with Gasteiger partial charge in [-0.1, -0.05) is 38.1 Å². The quantitative estimate of drug-likeness (QED) is 0.809. The van der Waals surface area contributed by atoms with Crippen LogP contribution in [-0.2, 0) is 21.1 Å². The first kappa shape index (κ1) is 18.9. The van der Waals surface area contributed by atoms with E-state index in [4.69, 9.17) is 0 Å². The number of hydrogen-bond donors (Lipinski definition) is 1. The number of carbonyl (C=O) groups is 1. The molecule has 24 heavy (non-hydrogen) atoms. The van der Waals surface area contributed by atoms with Gasteiger partial charge in [0, 0.05) is 12.6 Å². The Morgan fingerprint density at radius 3 is 2.50 bits per heavy atom. The lowest BCUT2D eigenvalue weighted by Gasteiger charge is -2.22. The van der Waals surface area contributed by atoms with Gasteiger partial charge in [0.2, 0.25) is 5.91 Å². The molecule has 6 heteroatoms. The lowest BCUT2D eigenvalue weighted by Crippen LogP contribution is -2.41. The topological polar surface area (TPSA) is 66.5 Å². The van der Waals surface area contributed by atoms with Crippen LogP contribution < -0.4 is 5.32 Å². The molecule has 0 radical (unpaired) electrons. The van der Waals surface area contributed by atoms with Gasteiger partial charge < -0.3 is 5.32 Å². The summed E-state index contributed by atoms with van der Waals surface area (Å²) in [5.74, 6) is 0.865. The molecule has 1 saturated heterocycles. The van der Waals surface area contributed by atoms with Crippen molar-refractivity contribution in [1.29, 1.82) is 0 Å². The summed E-state index contributed by atoms with van der Waals surface area (Å²) in [5, 5.41) is 2.91. The molecule has 2 rings (SSSR count). The number of likely N-dealkylation sites (N-methyl/N-ethyl adjacent to an activating group) is 1. The SMILES string of the molecule is CC(C)c1ccc(CCNC(=O)CN(C)C2CCS(=O)(=O)C2)cc1. The fourth-order valence-corrected chi connectivity index (χ4v) is 4.76. The molecule has 1 aliphatic heterocycles. The van der Waals surface area contributed by atoms with Crippen LogP contribution in [0, 0.1) is 0 Å². The standard InChI is InChI=1S/C18H28N2O3S/c1-14(2)16-6-4-15(5-7-16)8-10-19-18(21)12-20(3)17-9-11-24(22,23)13-17/h4-7,14,17H,8-13H2,1-3H3,(H,19,21). The molecule has 1 amide bonds. The first-order valence-electron chi connectivity index (χ1n) is 8.53. The van der Waals surface area contributed by atoms with Crippen molar-refractivity contribution in [3.05, 3.63) is 35.4 Å². The van der Waals surface area contributed by atoms with Gasteiger partial charge in [-0.25, -0.2) is 8.42 Å². The van der Waals surface area contributed by atoms with Gasteiger partial charge in [0.25, 0.3) is 0 Å². The molecule has 5 nitrogen and oxygen atoms in total. The minimum Gasteiger partial charge on any atom is -0.355 e. The number of nitrogens with zero attached hydrogens (tertiary/aromatic N) is 1. The van der Waals surface area contributed by atoms with E-state index in [9.17, 15) is 13.2 Å². The maximum Gasteiger partial charge on any atom is 0.234 e. The highest BCUT2D eigenvalue weighted by molar-refractivity contribution is 7.91. The lowest BCUT2D eigenvalue weighted by atomic mass is 10.0. The van der Waals surface area contributed by atoms with Crippen LogP contribution in [0.2, 0.25) is 0 Å². The van der Waals surface area contributed by atoms with Crippen LogP contribution in [0.3, 0.4) is 0 Å².